The highest BCUT2D eigenvalue weighted by Gasteiger charge is 2.54. The van der Waals surface area contributed by atoms with Gasteiger partial charge in [-0.1, -0.05) is 70.7 Å². The molecule has 26 heteroatoms. The van der Waals surface area contributed by atoms with Crippen LogP contribution in [0.4, 0.5) is 23.3 Å². The van der Waals surface area contributed by atoms with Gasteiger partial charge in [0.25, 0.3) is 31.9 Å². The topological polar surface area (TPSA) is 239 Å². The van der Waals surface area contributed by atoms with Gasteiger partial charge in [-0.25, -0.2) is 36.6 Å². The highest BCUT2D eigenvalue weighted by molar-refractivity contribution is 7.89. The second-order valence-electron chi connectivity index (χ2n) is 18.9. The van der Waals surface area contributed by atoms with E-state index in [4.69, 9.17) is 46.4 Å². The largest absolute Gasteiger partial charge is 0.332 e. The Labute approximate surface area is 456 Å². The van der Waals surface area contributed by atoms with Gasteiger partial charge in [-0.2, -0.15) is 19.1 Å². The fourth-order valence-electron chi connectivity index (χ4n) is 10.2. The Morgan fingerprint density at radius 1 is 0.539 bits per heavy atom. The van der Waals surface area contributed by atoms with Crippen LogP contribution in [0.1, 0.15) is 36.1 Å². The van der Waals surface area contributed by atoms with Crippen molar-refractivity contribution >= 4 is 113 Å². The van der Waals surface area contributed by atoms with Crippen LogP contribution >= 0.6 is 46.4 Å². The van der Waals surface area contributed by atoms with E-state index >= 15 is 0 Å². The molecule has 2 saturated heterocycles. The number of anilines is 4. The third-order valence-corrected chi connectivity index (χ3v) is 18.6. The number of aromatic nitrogens is 4. The van der Waals surface area contributed by atoms with Gasteiger partial charge in [0, 0.05) is 85.3 Å². The number of benzene rings is 4. The summed E-state index contributed by atoms with van der Waals surface area (Å²) in [5.41, 5.74) is -0.550. The van der Waals surface area contributed by atoms with Crippen molar-refractivity contribution in [2.75, 3.05) is 62.2 Å². The number of piperazine rings is 2. The molecule has 0 saturated carbocycles. The number of sulfonamides is 2. The number of nitriles is 2. The zero-order valence-electron chi connectivity index (χ0n) is 40.3. The molecule has 4 aliphatic rings. The summed E-state index contributed by atoms with van der Waals surface area (Å²) in [7, 11) is -8.86. The van der Waals surface area contributed by atoms with E-state index in [1.807, 2.05) is 0 Å². The fourth-order valence-corrected chi connectivity index (χ4v) is 14.5. The number of hydrogen-bond acceptors (Lipinski definition) is 12. The third-order valence-electron chi connectivity index (χ3n) is 14.1. The molecule has 0 aliphatic carbocycles. The minimum Gasteiger partial charge on any atom is -0.332 e. The smallest absolute Gasteiger partial charge is 0.312 e. The Bertz CT molecular complexity index is 3450. The third kappa shape index (κ3) is 8.95. The first-order valence-corrected chi connectivity index (χ1v) is 27.8. The van der Waals surface area contributed by atoms with E-state index in [1.165, 1.54) is 65.1 Å². The molecule has 10 rings (SSSR count). The average Bonchev–Trinajstić information content (AvgIpc) is 4.25. The number of nitrogens with zero attached hydrogens (tertiary/aromatic N) is 12. The van der Waals surface area contributed by atoms with Crippen LogP contribution in [0.15, 0.2) is 107 Å². The number of hydrogen-bond donors (Lipinski definition) is 0. The molecule has 2 fully saturated rings. The Kier molecular flexibility index (Phi) is 13.6. The van der Waals surface area contributed by atoms with Crippen LogP contribution in [0.25, 0.3) is 0 Å². The van der Waals surface area contributed by atoms with Gasteiger partial charge in [0.05, 0.1) is 47.0 Å². The van der Waals surface area contributed by atoms with E-state index in [9.17, 15) is 46.5 Å². The summed E-state index contributed by atoms with van der Waals surface area (Å²) in [6.45, 7) is 1.65. The summed E-state index contributed by atoms with van der Waals surface area (Å²) < 4.78 is 63.6. The monoisotopic (exact) mass is 1140 g/mol. The van der Waals surface area contributed by atoms with Crippen LogP contribution in [-0.4, -0.2) is 130 Å². The molecule has 4 amide bonds. The number of halogens is 4. The Morgan fingerprint density at radius 3 is 1.16 bits per heavy atom. The standard InChI is InChI=1S/C50H42Cl4N12O8S2/c1-49(25-31-3-7-33(27-55)8-4-31)45(69)63(39-21-35(51)19-36(52)22-39)47-57-29-41(65(47)49)75(71,72)61-15-11-59(12-16-61)43(67)44(68)60-13-17-62(18-14-60)76(73,74)42-30-58-48-64(40-23-37(53)20-38(54)24-40)46(70)50(2,66(42)48)26-32-5-9-34(28-56)10-6-32/h3-10,19-24,29-30H,11-18,25-26H2,1-2H3/t49-,50-/m1/s1. The Morgan fingerprint density at radius 2 is 0.855 bits per heavy atom. The second kappa shape index (κ2) is 19.6. The zero-order chi connectivity index (χ0) is 54.2. The molecular weight excluding hydrogens is 1100 g/mol. The van der Waals surface area contributed by atoms with Gasteiger partial charge in [-0.15, -0.1) is 0 Å². The van der Waals surface area contributed by atoms with Gasteiger partial charge in [0.2, 0.25) is 11.9 Å². The molecule has 6 aromatic rings. The van der Waals surface area contributed by atoms with E-state index in [1.54, 1.807) is 62.4 Å². The number of fused-ring (bicyclic) bond motifs is 2. The highest BCUT2D eigenvalue weighted by Crippen LogP contribution is 2.47. The van der Waals surface area contributed by atoms with E-state index in [0.29, 0.717) is 22.3 Å². The minimum atomic E-state index is -4.43. The summed E-state index contributed by atoms with van der Waals surface area (Å²) >= 11 is 25.4. The number of rotatable bonds is 10. The lowest BCUT2D eigenvalue weighted by atomic mass is 9.91. The lowest BCUT2D eigenvalue weighted by molar-refractivity contribution is -0.153. The maximum absolute atomic E-state index is 14.6. The molecule has 0 radical (unpaired) electrons. The van der Waals surface area contributed by atoms with Crippen molar-refractivity contribution < 1.29 is 36.0 Å². The van der Waals surface area contributed by atoms with Crippen molar-refractivity contribution in [3.63, 3.8) is 0 Å². The summed E-state index contributed by atoms with van der Waals surface area (Å²) in [6, 6.07) is 26.2. The van der Waals surface area contributed by atoms with Crippen molar-refractivity contribution in [2.24, 2.45) is 0 Å². The van der Waals surface area contributed by atoms with Crippen LogP contribution in [-0.2, 0) is 63.1 Å². The predicted molar refractivity (Wildman–Crippen MR) is 279 cm³/mol. The first-order valence-electron chi connectivity index (χ1n) is 23.4. The molecule has 0 bridgehead atoms. The normalized spacial score (nSPS) is 20.2. The highest BCUT2D eigenvalue weighted by atomic mass is 35.5. The average molecular weight is 1140 g/mol. The maximum Gasteiger partial charge on any atom is 0.312 e. The van der Waals surface area contributed by atoms with Crippen LogP contribution < -0.4 is 9.80 Å². The summed E-state index contributed by atoms with van der Waals surface area (Å²) in [5, 5.41) is 19.1. The Balaban J connectivity index is 0.839. The maximum atomic E-state index is 14.6. The summed E-state index contributed by atoms with van der Waals surface area (Å²) in [6.07, 6.45) is 2.34. The molecule has 390 valence electrons. The van der Waals surface area contributed by atoms with Gasteiger partial charge in [0.15, 0.2) is 10.1 Å². The molecule has 20 nitrogen and oxygen atoms in total. The van der Waals surface area contributed by atoms with Crippen molar-refractivity contribution in [1.29, 1.82) is 10.5 Å². The summed E-state index contributed by atoms with van der Waals surface area (Å²) in [5.74, 6) is -2.84. The number of imidazole rings is 2. The minimum absolute atomic E-state index is 0.000988. The molecule has 2 atom stereocenters. The Hall–Kier alpha value is -6.86. The number of amides is 4. The molecule has 0 N–H and O–H groups in total. The summed E-state index contributed by atoms with van der Waals surface area (Å²) in [4.78, 5) is 70.7. The second-order valence-corrected chi connectivity index (χ2v) is 24.4. The first kappa shape index (κ1) is 52.6. The van der Waals surface area contributed by atoms with Gasteiger partial charge in [-0.05, 0) is 85.6 Å². The van der Waals surface area contributed by atoms with Crippen molar-refractivity contribution in [3.8, 4) is 12.1 Å². The van der Waals surface area contributed by atoms with Gasteiger partial charge in [0.1, 0.15) is 11.1 Å². The molecule has 4 aliphatic heterocycles. The molecular formula is C50H42Cl4N12O8S2. The van der Waals surface area contributed by atoms with E-state index < -0.39 is 54.8 Å². The van der Waals surface area contributed by atoms with Crippen molar-refractivity contribution in [3.05, 3.63) is 140 Å². The molecule has 6 heterocycles. The van der Waals surface area contributed by atoms with Gasteiger partial charge < -0.3 is 9.80 Å². The lowest BCUT2D eigenvalue weighted by Gasteiger charge is -2.37. The molecule has 4 aromatic carbocycles. The van der Waals surface area contributed by atoms with Crippen molar-refractivity contribution in [2.45, 2.75) is 47.8 Å². The molecule has 76 heavy (non-hydrogen) atoms. The number of carbonyl (C=O) groups excluding carboxylic acids is 4. The van der Waals surface area contributed by atoms with Crippen LogP contribution in [0, 0.1) is 22.7 Å². The van der Waals surface area contributed by atoms with E-state index in [2.05, 4.69) is 22.1 Å². The molecule has 0 spiro atoms. The SMILES string of the molecule is C[C@@]1(Cc2ccc(C#N)cc2)C(=O)N(c2cc(Cl)cc(Cl)c2)c2ncc(S(=O)(=O)N3CCN(C(=O)C(=O)N4CCN(S(=O)(=O)c5cnc6n5[C@](C)(Cc5ccc(C#N)cc5)C(=O)N6c5cc(Cl)cc(Cl)c5)CC4)CC3)n21. The fraction of sp³-hybridized carbons (Fsp3) is 0.280. The molecule has 0 unspecified atom stereocenters. The predicted octanol–water partition coefficient (Wildman–Crippen LogP) is 6.07. The van der Waals surface area contributed by atoms with Crippen molar-refractivity contribution in [1.82, 2.24) is 37.5 Å². The van der Waals surface area contributed by atoms with Crippen LogP contribution in [0.3, 0.4) is 0 Å². The number of carbonyl (C=O) groups is 4. The quantitative estimate of drug-likeness (QED) is 0.142. The van der Waals surface area contributed by atoms with Crippen LogP contribution in [0.5, 0.6) is 0 Å². The van der Waals surface area contributed by atoms with Crippen LogP contribution in [0.2, 0.25) is 20.1 Å². The van der Waals surface area contributed by atoms with E-state index in [0.717, 1.165) is 21.0 Å². The van der Waals surface area contributed by atoms with E-state index in [-0.39, 0.29) is 119 Å². The van der Waals surface area contributed by atoms with Gasteiger partial charge in [-0.3, -0.25) is 28.3 Å². The van der Waals surface area contributed by atoms with Gasteiger partial charge >= 0.3 is 11.8 Å². The first-order chi connectivity index (χ1) is 36.1. The molecule has 2 aromatic heterocycles. The lowest BCUT2D eigenvalue weighted by Crippen LogP contribution is -2.57. The zero-order valence-corrected chi connectivity index (χ0v) is 44.9.